The average Bonchev–Trinajstić information content (AvgIpc) is 2.33. The van der Waals surface area contributed by atoms with Gasteiger partial charge in [-0.3, -0.25) is 4.79 Å². The van der Waals surface area contributed by atoms with Crippen LogP contribution >= 0.6 is 0 Å². The third kappa shape index (κ3) is 5.92. The monoisotopic (exact) mass is 306 g/mol. The molecule has 2 heteroatoms. The Balaban J connectivity index is 5.59. The van der Waals surface area contributed by atoms with E-state index in [1.165, 1.54) is 0 Å². The molecule has 0 aromatic heterocycles. The van der Waals surface area contributed by atoms with Gasteiger partial charge in [-0.25, -0.2) is 0 Å². The van der Waals surface area contributed by atoms with E-state index in [0.29, 0.717) is 6.42 Å². The van der Waals surface area contributed by atoms with Crippen molar-refractivity contribution in [2.75, 3.05) is 0 Å². The highest BCUT2D eigenvalue weighted by Crippen LogP contribution is 2.41. The molecule has 0 amide bonds. The van der Waals surface area contributed by atoms with Crippen LogP contribution < -0.4 is 0 Å². The number of rotatable bonds is 7. The van der Waals surface area contributed by atoms with Gasteiger partial charge in [0.1, 0.15) is 6.10 Å². The topological polar surface area (TPSA) is 26.3 Å². The van der Waals surface area contributed by atoms with Gasteiger partial charge >= 0.3 is 0 Å². The summed E-state index contributed by atoms with van der Waals surface area (Å²) in [6, 6.07) is 0. The van der Waals surface area contributed by atoms with Crippen LogP contribution in [0.1, 0.15) is 61.8 Å². The normalized spacial score (nSPS) is 15.4. The summed E-state index contributed by atoms with van der Waals surface area (Å²) in [5.41, 5.74) is -0.0413. The summed E-state index contributed by atoms with van der Waals surface area (Å²) in [6.45, 7) is 23.7. The van der Waals surface area contributed by atoms with E-state index in [9.17, 15) is 4.79 Å². The Morgan fingerprint density at radius 2 is 1.55 bits per heavy atom. The Kier molecular flexibility index (Phi) is 7.02. The molecular weight excluding hydrogens is 272 g/mol. The van der Waals surface area contributed by atoms with Gasteiger partial charge in [0.15, 0.2) is 5.78 Å². The molecule has 1 atom stereocenters. The fraction of sp³-hybridized carbons (Fsp3) is 0.650. The van der Waals surface area contributed by atoms with Gasteiger partial charge in [-0.1, -0.05) is 66.0 Å². The second-order valence-electron chi connectivity index (χ2n) is 8.34. The molecule has 22 heavy (non-hydrogen) atoms. The van der Waals surface area contributed by atoms with Crippen LogP contribution in [-0.2, 0) is 9.53 Å². The molecule has 0 saturated heterocycles. The fourth-order valence-corrected chi connectivity index (χ4v) is 1.97. The molecule has 0 radical (unpaired) electrons. The summed E-state index contributed by atoms with van der Waals surface area (Å²) in [5.74, 6) is 0.131. The molecule has 0 aromatic carbocycles. The molecule has 1 unspecified atom stereocenters. The van der Waals surface area contributed by atoms with Crippen LogP contribution in [0.25, 0.3) is 0 Å². The lowest BCUT2D eigenvalue weighted by Crippen LogP contribution is -2.46. The Labute approximate surface area is 137 Å². The zero-order valence-corrected chi connectivity index (χ0v) is 15.7. The second kappa shape index (κ2) is 7.41. The molecule has 0 aliphatic heterocycles. The Morgan fingerprint density at radius 3 is 1.86 bits per heavy atom. The summed E-state index contributed by atoms with van der Waals surface area (Å²) in [6.07, 6.45) is 5.38. The van der Waals surface area contributed by atoms with Gasteiger partial charge in [0, 0.05) is 11.8 Å². The number of hydrogen-bond donors (Lipinski definition) is 0. The van der Waals surface area contributed by atoms with E-state index in [2.05, 4.69) is 33.9 Å². The van der Waals surface area contributed by atoms with Crippen LogP contribution in [0.4, 0.5) is 0 Å². The fourth-order valence-electron chi connectivity index (χ4n) is 1.97. The zero-order valence-electron chi connectivity index (χ0n) is 15.7. The van der Waals surface area contributed by atoms with E-state index < -0.39 is 11.5 Å². The number of allylic oxidation sites excluding steroid dienone is 3. The quantitative estimate of drug-likeness (QED) is 0.580. The third-order valence-electron chi connectivity index (χ3n) is 4.29. The molecule has 0 heterocycles. The summed E-state index contributed by atoms with van der Waals surface area (Å²) < 4.78 is 6.09. The van der Waals surface area contributed by atoms with Gasteiger partial charge in [-0.15, -0.1) is 0 Å². The maximum absolute atomic E-state index is 13.1. The van der Waals surface area contributed by atoms with E-state index in [1.54, 1.807) is 12.2 Å². The SMILES string of the molecule is C=C/C=C(\C=C)CC(OC(C)(C)C)C(=O)C(C)(C)C(C)(C)C. The molecular formula is C20H34O2. The van der Waals surface area contributed by atoms with E-state index in [1.807, 2.05) is 40.7 Å². The van der Waals surface area contributed by atoms with Crippen molar-refractivity contribution in [3.05, 3.63) is 37.0 Å². The van der Waals surface area contributed by atoms with Crippen molar-refractivity contribution in [3.8, 4) is 0 Å². The average molecular weight is 306 g/mol. The number of carbonyl (C=O) groups excluding carboxylic acids is 1. The lowest BCUT2D eigenvalue weighted by molar-refractivity contribution is -0.154. The van der Waals surface area contributed by atoms with Crippen LogP contribution in [0.2, 0.25) is 0 Å². The van der Waals surface area contributed by atoms with Crippen LogP contribution in [0, 0.1) is 10.8 Å². The van der Waals surface area contributed by atoms with Crippen molar-refractivity contribution in [3.63, 3.8) is 0 Å². The van der Waals surface area contributed by atoms with Gasteiger partial charge in [-0.2, -0.15) is 0 Å². The predicted octanol–water partition coefficient (Wildman–Crippen LogP) is 5.50. The van der Waals surface area contributed by atoms with Gasteiger partial charge in [-0.05, 0) is 31.8 Å². The first-order chi connectivity index (χ1) is 9.76. The van der Waals surface area contributed by atoms with Gasteiger partial charge in [0.05, 0.1) is 5.60 Å². The molecule has 0 spiro atoms. The largest absolute Gasteiger partial charge is 0.364 e. The minimum absolute atomic E-state index is 0.131. The number of hydrogen-bond acceptors (Lipinski definition) is 2. The number of ketones is 1. The van der Waals surface area contributed by atoms with E-state index >= 15 is 0 Å². The van der Waals surface area contributed by atoms with Gasteiger partial charge in [0.2, 0.25) is 0 Å². The van der Waals surface area contributed by atoms with Crippen molar-refractivity contribution in [2.24, 2.45) is 10.8 Å². The highest BCUT2D eigenvalue weighted by molar-refractivity contribution is 5.89. The molecule has 0 N–H and O–H groups in total. The number of carbonyl (C=O) groups is 1. The second-order valence-corrected chi connectivity index (χ2v) is 8.34. The first-order valence-corrected chi connectivity index (χ1v) is 7.92. The van der Waals surface area contributed by atoms with Crippen molar-refractivity contribution < 1.29 is 9.53 Å². The number of Topliss-reactive ketones (excluding diaryl/α,β-unsaturated/α-hetero) is 1. The van der Waals surface area contributed by atoms with Crippen LogP contribution in [0.15, 0.2) is 37.0 Å². The highest BCUT2D eigenvalue weighted by atomic mass is 16.5. The first kappa shape index (κ1) is 20.9. The zero-order chi connectivity index (χ0) is 17.8. The van der Waals surface area contributed by atoms with Crippen LogP contribution in [-0.4, -0.2) is 17.5 Å². The molecule has 0 fully saturated rings. The summed E-state index contributed by atoms with van der Waals surface area (Å²) >= 11 is 0. The van der Waals surface area contributed by atoms with E-state index in [4.69, 9.17) is 4.74 Å². The molecule has 0 aliphatic rings. The summed E-state index contributed by atoms with van der Waals surface area (Å²) in [7, 11) is 0. The molecule has 126 valence electrons. The van der Waals surface area contributed by atoms with Crippen molar-refractivity contribution in [1.29, 1.82) is 0 Å². The summed E-state index contributed by atoms with van der Waals surface area (Å²) in [5, 5.41) is 0. The smallest absolute Gasteiger partial charge is 0.168 e. The Morgan fingerprint density at radius 1 is 1.05 bits per heavy atom. The summed E-state index contributed by atoms with van der Waals surface area (Å²) in [4.78, 5) is 13.1. The molecule has 0 saturated carbocycles. The molecule has 2 nitrogen and oxygen atoms in total. The lowest BCUT2D eigenvalue weighted by Gasteiger charge is -2.41. The predicted molar refractivity (Wildman–Crippen MR) is 96.0 cm³/mol. The van der Waals surface area contributed by atoms with Crippen LogP contribution in [0.5, 0.6) is 0 Å². The maximum atomic E-state index is 13.1. The standard InChI is InChI=1S/C20H34O2/c1-11-13-15(12-2)14-16(22-19(6,7)8)17(21)20(9,10)18(3,4)5/h11-13,16H,1-2,14H2,3-10H3/b15-13+. The molecule has 0 bridgehead atoms. The van der Waals surface area contributed by atoms with Crippen molar-refractivity contribution in [1.82, 2.24) is 0 Å². The Hall–Kier alpha value is -1.15. The van der Waals surface area contributed by atoms with Crippen molar-refractivity contribution >= 4 is 5.78 Å². The molecule has 0 aromatic rings. The molecule has 0 rings (SSSR count). The molecule has 0 aliphatic carbocycles. The lowest BCUT2D eigenvalue weighted by atomic mass is 9.65. The van der Waals surface area contributed by atoms with Crippen molar-refractivity contribution in [2.45, 2.75) is 73.5 Å². The number of ether oxygens (including phenoxy) is 1. The van der Waals surface area contributed by atoms with E-state index in [-0.39, 0.29) is 16.8 Å². The third-order valence-corrected chi connectivity index (χ3v) is 4.29. The minimum atomic E-state index is -0.488. The van der Waals surface area contributed by atoms with E-state index in [0.717, 1.165) is 5.57 Å². The maximum Gasteiger partial charge on any atom is 0.168 e. The first-order valence-electron chi connectivity index (χ1n) is 7.92. The minimum Gasteiger partial charge on any atom is -0.364 e. The highest BCUT2D eigenvalue weighted by Gasteiger charge is 2.44. The van der Waals surface area contributed by atoms with Crippen LogP contribution in [0.3, 0.4) is 0 Å². The van der Waals surface area contributed by atoms with Gasteiger partial charge < -0.3 is 4.74 Å². The van der Waals surface area contributed by atoms with Gasteiger partial charge in [0.25, 0.3) is 0 Å². The Bertz CT molecular complexity index is 439.